The quantitative estimate of drug-likeness (QED) is 0.852. The number of aliphatic hydroxyl groups is 1. The van der Waals surface area contributed by atoms with Crippen molar-refractivity contribution in [1.82, 2.24) is 9.78 Å². The Morgan fingerprint density at radius 2 is 2.31 bits per heavy atom. The van der Waals surface area contributed by atoms with Crippen molar-refractivity contribution >= 4 is 0 Å². The Morgan fingerprint density at radius 3 is 3.00 bits per heavy atom. The van der Waals surface area contributed by atoms with E-state index in [-0.39, 0.29) is 6.10 Å². The molecule has 1 aromatic rings. The molecule has 1 aliphatic rings. The summed E-state index contributed by atoms with van der Waals surface area (Å²) in [6.07, 6.45) is 5.39. The Hall–Kier alpha value is -0.830. The molecule has 16 heavy (non-hydrogen) atoms. The van der Waals surface area contributed by atoms with Crippen molar-refractivity contribution in [3.8, 4) is 0 Å². The minimum absolute atomic E-state index is 0.0714. The normalized spacial score (nSPS) is 25.9. The second-order valence-electron chi connectivity index (χ2n) is 4.98. The van der Waals surface area contributed by atoms with E-state index in [0.29, 0.717) is 5.92 Å². The molecule has 1 aliphatic carbocycles. The molecule has 2 atom stereocenters. The fourth-order valence-corrected chi connectivity index (χ4v) is 2.78. The Morgan fingerprint density at radius 1 is 1.50 bits per heavy atom. The third kappa shape index (κ3) is 2.64. The molecule has 2 rings (SSSR count). The van der Waals surface area contributed by atoms with Gasteiger partial charge in [0, 0.05) is 12.2 Å². The molecule has 2 unspecified atom stereocenters. The first-order chi connectivity index (χ1) is 7.69. The summed E-state index contributed by atoms with van der Waals surface area (Å²) in [5, 5.41) is 14.1. The number of nitrogens with zero attached hydrogens (tertiary/aromatic N) is 2. The molecule has 0 aromatic carbocycles. The first kappa shape index (κ1) is 11.6. The van der Waals surface area contributed by atoms with Gasteiger partial charge in [-0.1, -0.05) is 6.42 Å². The molecule has 3 heteroatoms. The third-order valence-corrected chi connectivity index (χ3v) is 3.54. The summed E-state index contributed by atoms with van der Waals surface area (Å²) >= 11 is 0. The maximum Gasteiger partial charge on any atom is 0.0596 e. The van der Waals surface area contributed by atoms with Crippen LogP contribution in [0.1, 0.15) is 44.0 Å². The minimum atomic E-state index is -0.0714. The van der Waals surface area contributed by atoms with Gasteiger partial charge in [-0.15, -0.1) is 0 Å². The highest BCUT2D eigenvalue weighted by atomic mass is 16.3. The molecule has 0 aliphatic heterocycles. The molecule has 0 bridgehead atoms. The Kier molecular flexibility index (Phi) is 3.64. The molecule has 0 saturated heterocycles. The zero-order chi connectivity index (χ0) is 11.5. The molecule has 1 saturated carbocycles. The van der Waals surface area contributed by atoms with E-state index < -0.39 is 0 Å². The molecular weight excluding hydrogens is 200 g/mol. The highest BCUT2D eigenvalue weighted by molar-refractivity contribution is 5.10. The molecule has 1 aromatic heterocycles. The van der Waals surface area contributed by atoms with E-state index in [9.17, 15) is 5.11 Å². The van der Waals surface area contributed by atoms with Gasteiger partial charge in [-0.05, 0) is 51.5 Å². The summed E-state index contributed by atoms with van der Waals surface area (Å²) in [6.45, 7) is 5.12. The lowest BCUT2D eigenvalue weighted by molar-refractivity contribution is 0.100. The molecule has 1 N–H and O–H groups in total. The lowest BCUT2D eigenvalue weighted by Crippen LogP contribution is -2.22. The number of rotatable bonds is 3. The van der Waals surface area contributed by atoms with E-state index in [4.69, 9.17) is 0 Å². The van der Waals surface area contributed by atoms with Gasteiger partial charge >= 0.3 is 0 Å². The van der Waals surface area contributed by atoms with Gasteiger partial charge in [-0.2, -0.15) is 5.10 Å². The first-order valence-corrected chi connectivity index (χ1v) is 6.40. The van der Waals surface area contributed by atoms with Gasteiger partial charge in [0.2, 0.25) is 0 Å². The molecule has 0 radical (unpaired) electrons. The second-order valence-corrected chi connectivity index (χ2v) is 4.98. The van der Waals surface area contributed by atoms with Gasteiger partial charge in [0.15, 0.2) is 0 Å². The predicted octanol–water partition coefficient (Wildman–Crippen LogP) is 2.31. The molecule has 1 heterocycles. The SMILES string of the molecule is CCn1nc(C)cc1CC1CCCC(O)C1. The number of aromatic nitrogens is 2. The van der Waals surface area contributed by atoms with E-state index in [1.165, 1.54) is 18.5 Å². The molecule has 0 amide bonds. The smallest absolute Gasteiger partial charge is 0.0596 e. The lowest BCUT2D eigenvalue weighted by Gasteiger charge is -2.25. The fourth-order valence-electron chi connectivity index (χ4n) is 2.78. The van der Waals surface area contributed by atoms with E-state index >= 15 is 0 Å². The van der Waals surface area contributed by atoms with Crippen LogP contribution in [0.2, 0.25) is 0 Å². The third-order valence-electron chi connectivity index (χ3n) is 3.54. The van der Waals surface area contributed by atoms with Crippen LogP contribution in [-0.2, 0) is 13.0 Å². The van der Waals surface area contributed by atoms with Crippen molar-refractivity contribution in [3.63, 3.8) is 0 Å². The molecule has 3 nitrogen and oxygen atoms in total. The minimum Gasteiger partial charge on any atom is -0.393 e. The number of aryl methyl sites for hydroxylation is 2. The van der Waals surface area contributed by atoms with Crippen LogP contribution in [0, 0.1) is 12.8 Å². The zero-order valence-corrected chi connectivity index (χ0v) is 10.3. The van der Waals surface area contributed by atoms with E-state index in [1.807, 2.05) is 6.92 Å². The zero-order valence-electron chi connectivity index (χ0n) is 10.3. The van der Waals surface area contributed by atoms with Gasteiger partial charge in [-0.25, -0.2) is 0 Å². The van der Waals surface area contributed by atoms with Crippen molar-refractivity contribution in [1.29, 1.82) is 0 Å². The lowest BCUT2D eigenvalue weighted by atomic mass is 9.84. The average molecular weight is 222 g/mol. The van der Waals surface area contributed by atoms with Crippen molar-refractivity contribution in [2.45, 2.75) is 58.6 Å². The largest absolute Gasteiger partial charge is 0.393 e. The van der Waals surface area contributed by atoms with Crippen molar-refractivity contribution in [2.75, 3.05) is 0 Å². The van der Waals surface area contributed by atoms with Gasteiger partial charge in [0.25, 0.3) is 0 Å². The molecule has 90 valence electrons. The van der Waals surface area contributed by atoms with Crippen LogP contribution in [0.15, 0.2) is 6.07 Å². The van der Waals surface area contributed by atoms with Crippen molar-refractivity contribution in [3.05, 3.63) is 17.5 Å². The van der Waals surface area contributed by atoms with Crippen LogP contribution in [-0.4, -0.2) is 21.0 Å². The summed E-state index contributed by atoms with van der Waals surface area (Å²) in [6, 6.07) is 2.19. The van der Waals surface area contributed by atoms with E-state index in [2.05, 4.69) is 22.8 Å². The topological polar surface area (TPSA) is 38.0 Å². The molecule has 0 spiro atoms. The van der Waals surface area contributed by atoms with Gasteiger partial charge in [0.1, 0.15) is 0 Å². The van der Waals surface area contributed by atoms with Crippen LogP contribution in [0.3, 0.4) is 0 Å². The first-order valence-electron chi connectivity index (χ1n) is 6.40. The van der Waals surface area contributed by atoms with Crippen LogP contribution in [0.5, 0.6) is 0 Å². The predicted molar refractivity (Wildman–Crippen MR) is 64.3 cm³/mol. The number of hydrogen-bond donors (Lipinski definition) is 1. The summed E-state index contributed by atoms with van der Waals surface area (Å²) in [5.74, 6) is 0.644. The highest BCUT2D eigenvalue weighted by Gasteiger charge is 2.21. The Bertz CT molecular complexity index is 346. The van der Waals surface area contributed by atoms with Gasteiger partial charge in [-0.3, -0.25) is 4.68 Å². The summed E-state index contributed by atoms with van der Waals surface area (Å²) in [5.41, 5.74) is 2.44. The van der Waals surface area contributed by atoms with Gasteiger partial charge < -0.3 is 5.11 Å². The molecular formula is C13H22N2O. The van der Waals surface area contributed by atoms with E-state index in [0.717, 1.165) is 31.5 Å². The Labute approximate surface area is 97.5 Å². The van der Waals surface area contributed by atoms with Crippen molar-refractivity contribution < 1.29 is 5.11 Å². The standard InChI is InChI=1S/C13H22N2O/c1-3-15-12(7-10(2)14-15)8-11-5-4-6-13(16)9-11/h7,11,13,16H,3-6,8-9H2,1-2H3. The summed E-state index contributed by atoms with van der Waals surface area (Å²) < 4.78 is 2.09. The van der Waals surface area contributed by atoms with Crippen LogP contribution in [0.4, 0.5) is 0 Å². The summed E-state index contributed by atoms with van der Waals surface area (Å²) in [7, 11) is 0. The second kappa shape index (κ2) is 5.00. The van der Waals surface area contributed by atoms with Crippen molar-refractivity contribution in [2.24, 2.45) is 5.92 Å². The number of aliphatic hydroxyl groups excluding tert-OH is 1. The van der Waals surface area contributed by atoms with Gasteiger partial charge in [0.05, 0.1) is 11.8 Å². The van der Waals surface area contributed by atoms with E-state index in [1.54, 1.807) is 0 Å². The van der Waals surface area contributed by atoms with Crippen LogP contribution in [0.25, 0.3) is 0 Å². The maximum atomic E-state index is 9.67. The number of hydrogen-bond acceptors (Lipinski definition) is 2. The Balaban J connectivity index is 2.02. The highest BCUT2D eigenvalue weighted by Crippen LogP contribution is 2.27. The van der Waals surface area contributed by atoms with Crippen LogP contribution >= 0.6 is 0 Å². The summed E-state index contributed by atoms with van der Waals surface area (Å²) in [4.78, 5) is 0. The maximum absolute atomic E-state index is 9.67. The average Bonchev–Trinajstić information content (AvgIpc) is 2.59. The fraction of sp³-hybridized carbons (Fsp3) is 0.769. The molecule has 1 fully saturated rings. The monoisotopic (exact) mass is 222 g/mol. The van der Waals surface area contributed by atoms with Crippen LogP contribution < -0.4 is 0 Å².